The summed E-state index contributed by atoms with van der Waals surface area (Å²) in [5.41, 5.74) is 2.71. The molecule has 0 spiro atoms. The number of nitrogens with zero attached hydrogens (tertiary/aromatic N) is 3. The maximum absolute atomic E-state index is 13.5. The molecule has 2 N–H and O–H groups in total. The highest BCUT2D eigenvalue weighted by atomic mass is 19.4. The quantitative estimate of drug-likeness (QED) is 0.236. The number of alkyl halides is 3. The summed E-state index contributed by atoms with van der Waals surface area (Å²) >= 11 is 0. The van der Waals surface area contributed by atoms with Crippen molar-refractivity contribution in [1.29, 1.82) is 0 Å². The lowest BCUT2D eigenvalue weighted by atomic mass is 10.1. The van der Waals surface area contributed by atoms with Crippen LogP contribution in [-0.4, -0.2) is 39.7 Å². The summed E-state index contributed by atoms with van der Waals surface area (Å²) in [6.07, 6.45) is -4.65. The van der Waals surface area contributed by atoms with E-state index in [0.717, 1.165) is 28.4 Å². The average Bonchev–Trinajstić information content (AvgIpc) is 3.23. The van der Waals surface area contributed by atoms with Crippen LogP contribution in [-0.2, 0) is 11.0 Å². The van der Waals surface area contributed by atoms with Gasteiger partial charge in [0.2, 0.25) is 5.91 Å². The maximum Gasteiger partial charge on any atom is 0.418 e. The molecule has 4 rings (SSSR count). The van der Waals surface area contributed by atoms with Gasteiger partial charge >= 0.3 is 12.2 Å². The number of para-hydroxylation sites is 1. The second-order valence-corrected chi connectivity index (χ2v) is 10.2. The Labute approximate surface area is 237 Å². The minimum atomic E-state index is -4.65. The molecular weight excluding hydrogens is 531 g/mol. The Bertz CT molecular complexity index is 1510. The molecule has 3 amide bonds. The van der Waals surface area contributed by atoms with Crippen LogP contribution in [0.15, 0.2) is 78.9 Å². The van der Waals surface area contributed by atoms with E-state index in [9.17, 15) is 22.8 Å². The van der Waals surface area contributed by atoms with Gasteiger partial charge in [0.15, 0.2) is 0 Å². The molecule has 1 heterocycles. The number of carbonyl (C=O) groups is 2. The Morgan fingerprint density at radius 2 is 1.54 bits per heavy atom. The maximum atomic E-state index is 13.5. The van der Waals surface area contributed by atoms with Crippen molar-refractivity contribution in [2.24, 2.45) is 5.92 Å². The molecule has 3 aromatic carbocycles. The molecule has 4 aromatic rings. The zero-order valence-electron chi connectivity index (χ0n) is 23.3. The Morgan fingerprint density at radius 3 is 2.17 bits per heavy atom. The smallest absolute Gasteiger partial charge is 0.315 e. The summed E-state index contributed by atoms with van der Waals surface area (Å²) in [4.78, 5) is 27.8. The number of urea groups is 1. The fourth-order valence-corrected chi connectivity index (χ4v) is 4.50. The molecule has 0 fully saturated rings. The third-order valence-electron chi connectivity index (χ3n) is 6.34. The molecule has 41 heavy (non-hydrogen) atoms. The van der Waals surface area contributed by atoms with Gasteiger partial charge in [-0.3, -0.25) is 4.79 Å². The summed E-state index contributed by atoms with van der Waals surface area (Å²) in [5.74, 6) is -0.142. The number of amides is 3. The standard InChI is InChI=1S/C31H32F3N5O2/c1-20(2)18-38(30(41)35-26-13-9-8-12-25(26)31(32,33)34)19-27(40)36-29-28(23-10-6-5-7-11-23)22(4)37-39(29)24-16-14-21(3)15-17-24/h5-17,20H,18-19H2,1-4H3,(H,35,41)(H,36,40). The van der Waals surface area contributed by atoms with Crippen LogP contribution in [0, 0.1) is 19.8 Å². The molecule has 0 bridgehead atoms. The number of anilines is 2. The Morgan fingerprint density at radius 1 is 0.902 bits per heavy atom. The van der Waals surface area contributed by atoms with E-state index in [-0.39, 0.29) is 24.7 Å². The summed E-state index contributed by atoms with van der Waals surface area (Å²) < 4.78 is 42.2. The van der Waals surface area contributed by atoms with E-state index in [4.69, 9.17) is 5.10 Å². The first-order chi connectivity index (χ1) is 19.4. The summed E-state index contributed by atoms with van der Waals surface area (Å²) in [7, 11) is 0. The molecule has 0 radical (unpaired) electrons. The minimum Gasteiger partial charge on any atom is -0.315 e. The number of carbonyl (C=O) groups excluding carboxylic acids is 2. The zero-order valence-corrected chi connectivity index (χ0v) is 23.3. The van der Waals surface area contributed by atoms with E-state index in [1.807, 2.05) is 82.3 Å². The van der Waals surface area contributed by atoms with Crippen LogP contribution < -0.4 is 10.6 Å². The summed E-state index contributed by atoms with van der Waals surface area (Å²) in [6, 6.07) is 21.1. The van der Waals surface area contributed by atoms with Gasteiger partial charge in [-0.05, 0) is 49.6 Å². The van der Waals surface area contributed by atoms with Crippen molar-refractivity contribution in [3.05, 3.63) is 95.7 Å². The lowest BCUT2D eigenvalue weighted by Crippen LogP contribution is -2.43. The topological polar surface area (TPSA) is 79.3 Å². The predicted octanol–water partition coefficient (Wildman–Crippen LogP) is 7.30. The van der Waals surface area contributed by atoms with E-state index in [0.29, 0.717) is 11.5 Å². The lowest BCUT2D eigenvalue weighted by Gasteiger charge is -2.25. The fourth-order valence-electron chi connectivity index (χ4n) is 4.50. The summed E-state index contributed by atoms with van der Waals surface area (Å²) in [6.45, 7) is 7.28. The van der Waals surface area contributed by atoms with Crippen molar-refractivity contribution in [1.82, 2.24) is 14.7 Å². The number of hydrogen-bond donors (Lipinski definition) is 2. The molecule has 214 valence electrons. The van der Waals surface area contributed by atoms with Crippen LogP contribution in [0.5, 0.6) is 0 Å². The van der Waals surface area contributed by atoms with E-state index in [2.05, 4.69) is 10.6 Å². The molecule has 0 aliphatic carbocycles. The molecule has 0 saturated carbocycles. The normalized spacial score (nSPS) is 11.4. The van der Waals surface area contributed by atoms with Crippen molar-refractivity contribution in [2.75, 3.05) is 23.7 Å². The third-order valence-corrected chi connectivity index (χ3v) is 6.34. The van der Waals surface area contributed by atoms with Crippen molar-refractivity contribution in [2.45, 2.75) is 33.9 Å². The monoisotopic (exact) mass is 563 g/mol. The van der Waals surface area contributed by atoms with Crippen LogP contribution in [0.1, 0.15) is 30.7 Å². The number of halogens is 3. The average molecular weight is 564 g/mol. The first-order valence-corrected chi connectivity index (χ1v) is 13.2. The van der Waals surface area contributed by atoms with E-state index in [1.54, 1.807) is 4.68 Å². The molecule has 0 atom stereocenters. The number of hydrogen-bond acceptors (Lipinski definition) is 3. The van der Waals surface area contributed by atoms with E-state index < -0.39 is 23.7 Å². The largest absolute Gasteiger partial charge is 0.418 e. The molecular formula is C31H32F3N5O2. The SMILES string of the molecule is Cc1ccc(-n2nc(C)c(-c3ccccc3)c2NC(=O)CN(CC(C)C)C(=O)Nc2ccccc2C(F)(F)F)cc1. The van der Waals surface area contributed by atoms with Crippen LogP contribution >= 0.6 is 0 Å². The zero-order chi connectivity index (χ0) is 29.7. The highest BCUT2D eigenvalue weighted by Crippen LogP contribution is 2.35. The second-order valence-electron chi connectivity index (χ2n) is 10.2. The number of aromatic nitrogens is 2. The van der Waals surface area contributed by atoms with Crippen LogP contribution in [0.2, 0.25) is 0 Å². The number of aryl methyl sites for hydroxylation is 2. The van der Waals surface area contributed by atoms with Gasteiger partial charge in [-0.1, -0.05) is 74.0 Å². The van der Waals surface area contributed by atoms with Crippen molar-refractivity contribution in [3.8, 4) is 16.8 Å². The van der Waals surface area contributed by atoms with Gasteiger partial charge in [0.05, 0.1) is 22.6 Å². The molecule has 0 saturated heterocycles. The van der Waals surface area contributed by atoms with Gasteiger partial charge in [0, 0.05) is 12.1 Å². The predicted molar refractivity (Wildman–Crippen MR) is 154 cm³/mol. The second kappa shape index (κ2) is 12.3. The van der Waals surface area contributed by atoms with Gasteiger partial charge in [0.1, 0.15) is 12.4 Å². The number of nitrogens with one attached hydrogen (secondary N) is 2. The highest BCUT2D eigenvalue weighted by molar-refractivity contribution is 5.99. The Hall–Kier alpha value is -4.60. The van der Waals surface area contributed by atoms with E-state index in [1.165, 1.54) is 23.1 Å². The molecule has 0 unspecified atom stereocenters. The Kier molecular flexibility index (Phi) is 8.80. The molecule has 0 aliphatic heterocycles. The van der Waals surface area contributed by atoms with Crippen molar-refractivity contribution >= 4 is 23.4 Å². The van der Waals surface area contributed by atoms with Gasteiger partial charge in [-0.25, -0.2) is 9.48 Å². The minimum absolute atomic E-state index is 0.0494. The first kappa shape index (κ1) is 29.4. The number of rotatable bonds is 8. The van der Waals surface area contributed by atoms with Crippen molar-refractivity contribution < 1.29 is 22.8 Å². The molecule has 7 nitrogen and oxygen atoms in total. The van der Waals surface area contributed by atoms with Gasteiger partial charge in [-0.15, -0.1) is 0 Å². The van der Waals surface area contributed by atoms with Crippen molar-refractivity contribution in [3.63, 3.8) is 0 Å². The van der Waals surface area contributed by atoms with Gasteiger partial charge in [-0.2, -0.15) is 18.3 Å². The van der Waals surface area contributed by atoms with Gasteiger partial charge in [0.25, 0.3) is 0 Å². The Balaban J connectivity index is 1.64. The fraction of sp³-hybridized carbons (Fsp3) is 0.258. The summed E-state index contributed by atoms with van der Waals surface area (Å²) in [5, 5.41) is 9.97. The molecule has 10 heteroatoms. The van der Waals surface area contributed by atoms with E-state index >= 15 is 0 Å². The lowest BCUT2D eigenvalue weighted by molar-refractivity contribution is -0.137. The van der Waals surface area contributed by atoms with Crippen LogP contribution in [0.4, 0.5) is 29.5 Å². The third kappa shape index (κ3) is 7.13. The highest BCUT2D eigenvalue weighted by Gasteiger charge is 2.34. The molecule has 1 aromatic heterocycles. The van der Waals surface area contributed by atoms with Crippen LogP contribution in [0.25, 0.3) is 16.8 Å². The first-order valence-electron chi connectivity index (χ1n) is 13.2. The molecule has 0 aliphatic rings. The van der Waals surface area contributed by atoms with Crippen LogP contribution in [0.3, 0.4) is 0 Å². The number of benzene rings is 3. The van der Waals surface area contributed by atoms with Gasteiger partial charge < -0.3 is 15.5 Å².